The van der Waals surface area contributed by atoms with E-state index >= 15 is 4.39 Å². The monoisotopic (exact) mass is 532 g/mol. The summed E-state index contributed by atoms with van der Waals surface area (Å²) in [5.41, 5.74) is 3.57. The van der Waals surface area contributed by atoms with Crippen LogP contribution in [0.4, 0.5) is 20.5 Å². The lowest BCUT2D eigenvalue weighted by molar-refractivity contribution is 0.146. The van der Waals surface area contributed by atoms with Crippen LogP contribution in [0.1, 0.15) is 43.8 Å². The van der Waals surface area contributed by atoms with Gasteiger partial charge in [-0.1, -0.05) is 19.9 Å². The number of hydrogen-bond donors (Lipinski definition) is 2. The summed E-state index contributed by atoms with van der Waals surface area (Å²) in [4.78, 5) is 20.3. The average Bonchev–Trinajstić information content (AvgIpc) is 3.24. The molecule has 0 aliphatic carbocycles. The number of anilines is 2. The zero-order chi connectivity index (χ0) is 27.1. The normalized spacial score (nSPS) is 16.7. The van der Waals surface area contributed by atoms with E-state index in [1.807, 2.05) is 17.6 Å². The van der Waals surface area contributed by atoms with Gasteiger partial charge in [-0.15, -0.1) is 0 Å². The molecular formula is C29H34F2N8. The van der Waals surface area contributed by atoms with Gasteiger partial charge in [-0.3, -0.25) is 4.90 Å². The van der Waals surface area contributed by atoms with E-state index in [1.165, 1.54) is 24.5 Å². The first-order valence-electron chi connectivity index (χ1n) is 13.8. The molecular weight excluding hydrogens is 498 g/mol. The predicted octanol–water partition coefficient (Wildman–Crippen LogP) is 4.98. The summed E-state index contributed by atoms with van der Waals surface area (Å²) >= 11 is 0. The largest absolute Gasteiger partial charge is 0.328 e. The van der Waals surface area contributed by atoms with Crippen LogP contribution in [0, 0.1) is 24.5 Å². The molecule has 6 rings (SSSR count). The molecule has 0 radical (unpaired) electrons. The second-order valence-corrected chi connectivity index (χ2v) is 11.0. The number of piperidine rings is 1. The van der Waals surface area contributed by atoms with Crippen LogP contribution in [-0.2, 0) is 19.5 Å². The minimum atomic E-state index is -0.623. The van der Waals surface area contributed by atoms with E-state index in [2.05, 4.69) is 50.4 Å². The lowest BCUT2D eigenvalue weighted by atomic mass is 9.99. The molecule has 2 N–H and O–H groups in total. The highest BCUT2D eigenvalue weighted by atomic mass is 19.1. The number of rotatable bonds is 6. The Morgan fingerprint density at radius 2 is 1.90 bits per heavy atom. The number of aromatic nitrogens is 5. The molecule has 1 aromatic carbocycles. The highest BCUT2D eigenvalue weighted by Crippen LogP contribution is 2.30. The van der Waals surface area contributed by atoms with Gasteiger partial charge in [0, 0.05) is 43.4 Å². The summed E-state index contributed by atoms with van der Waals surface area (Å²) in [6.45, 7) is 10.8. The molecule has 0 saturated carbocycles. The van der Waals surface area contributed by atoms with Crippen molar-refractivity contribution in [3.05, 3.63) is 59.2 Å². The molecule has 2 aliphatic heterocycles. The third-order valence-corrected chi connectivity index (χ3v) is 7.71. The van der Waals surface area contributed by atoms with E-state index in [0.29, 0.717) is 35.4 Å². The van der Waals surface area contributed by atoms with Gasteiger partial charge in [-0.2, -0.15) is 0 Å². The number of pyridine rings is 1. The van der Waals surface area contributed by atoms with Gasteiger partial charge in [0.15, 0.2) is 11.6 Å². The third-order valence-electron chi connectivity index (χ3n) is 7.71. The van der Waals surface area contributed by atoms with Crippen LogP contribution in [0.25, 0.3) is 22.3 Å². The third kappa shape index (κ3) is 5.23. The fourth-order valence-corrected chi connectivity index (χ4v) is 5.77. The number of nitrogens with one attached hydrogen (secondary N) is 2. The van der Waals surface area contributed by atoms with E-state index in [1.54, 1.807) is 6.07 Å². The Morgan fingerprint density at radius 3 is 2.69 bits per heavy atom. The van der Waals surface area contributed by atoms with Crippen LogP contribution < -0.4 is 10.6 Å². The van der Waals surface area contributed by atoms with E-state index in [4.69, 9.17) is 4.98 Å². The Balaban J connectivity index is 1.25. The van der Waals surface area contributed by atoms with Crippen molar-refractivity contribution in [1.29, 1.82) is 0 Å². The van der Waals surface area contributed by atoms with Crippen molar-refractivity contribution in [3.63, 3.8) is 0 Å². The van der Waals surface area contributed by atoms with Crippen molar-refractivity contribution >= 4 is 22.8 Å². The molecule has 10 heteroatoms. The summed E-state index contributed by atoms with van der Waals surface area (Å²) in [6.07, 6.45) is 4.36. The number of benzene rings is 1. The summed E-state index contributed by atoms with van der Waals surface area (Å²) in [5, 5.41) is 6.56. The standard InChI is InChI=1S/C29H34F2N8/c1-17(2)15-39-18(3)34-28-22(30)12-20(13-25(28)39)27-23(31)14-33-29(37-27)36-26-5-4-19-16-38(11-8-24(19)35-26)21-6-9-32-10-7-21/h4-5,12-14,17,21,32H,6-11,15-16H2,1-3H3,(H,33,35,36,37). The van der Waals surface area contributed by atoms with Crippen molar-refractivity contribution in [1.82, 2.24) is 34.7 Å². The van der Waals surface area contributed by atoms with Crippen molar-refractivity contribution in [3.8, 4) is 11.3 Å². The molecule has 1 fully saturated rings. The molecule has 39 heavy (non-hydrogen) atoms. The van der Waals surface area contributed by atoms with Crippen molar-refractivity contribution < 1.29 is 8.78 Å². The molecule has 204 valence electrons. The number of nitrogens with zero attached hydrogens (tertiary/aromatic N) is 6. The van der Waals surface area contributed by atoms with Crippen LogP contribution >= 0.6 is 0 Å². The number of aryl methyl sites for hydroxylation is 1. The Bertz CT molecular complexity index is 1510. The molecule has 1 saturated heterocycles. The number of fused-ring (bicyclic) bond motifs is 2. The Morgan fingerprint density at radius 1 is 1.08 bits per heavy atom. The van der Waals surface area contributed by atoms with Crippen molar-refractivity contribution in [2.24, 2.45) is 5.92 Å². The second-order valence-electron chi connectivity index (χ2n) is 11.0. The van der Waals surface area contributed by atoms with Crippen LogP contribution in [0.3, 0.4) is 0 Å². The highest BCUT2D eigenvalue weighted by molar-refractivity contribution is 5.83. The lowest BCUT2D eigenvalue weighted by Gasteiger charge is -2.37. The summed E-state index contributed by atoms with van der Waals surface area (Å²) < 4.78 is 32.0. The van der Waals surface area contributed by atoms with Gasteiger partial charge in [0.05, 0.1) is 11.7 Å². The smallest absolute Gasteiger partial charge is 0.229 e. The van der Waals surface area contributed by atoms with E-state index in [-0.39, 0.29) is 17.2 Å². The summed E-state index contributed by atoms with van der Waals surface area (Å²) in [7, 11) is 0. The Kier molecular flexibility index (Phi) is 6.99. The molecule has 2 aliphatic rings. The van der Waals surface area contributed by atoms with Crippen LogP contribution in [0.5, 0.6) is 0 Å². The van der Waals surface area contributed by atoms with Crippen LogP contribution in [0.15, 0.2) is 30.5 Å². The number of imidazole rings is 1. The van der Waals surface area contributed by atoms with Gasteiger partial charge in [-0.25, -0.2) is 28.7 Å². The minimum Gasteiger partial charge on any atom is -0.328 e. The van der Waals surface area contributed by atoms with Gasteiger partial charge < -0.3 is 15.2 Å². The van der Waals surface area contributed by atoms with E-state index in [0.717, 1.165) is 50.3 Å². The topological polar surface area (TPSA) is 83.8 Å². The second kappa shape index (κ2) is 10.6. The van der Waals surface area contributed by atoms with Crippen LogP contribution in [-0.4, -0.2) is 55.1 Å². The first-order valence-corrected chi connectivity index (χ1v) is 13.8. The molecule has 8 nitrogen and oxygen atoms in total. The molecule has 0 bridgehead atoms. The van der Waals surface area contributed by atoms with Gasteiger partial charge >= 0.3 is 0 Å². The maximum atomic E-state index is 15.1. The van der Waals surface area contributed by atoms with Crippen molar-refractivity contribution in [2.45, 2.75) is 59.2 Å². The molecule has 0 unspecified atom stereocenters. The maximum Gasteiger partial charge on any atom is 0.229 e. The molecule has 4 aromatic rings. The SMILES string of the molecule is Cc1nc2c(F)cc(-c3nc(Nc4ccc5c(n4)CCN(C4CCNCC4)C5)ncc3F)cc2n1CC(C)C. The Hall–Kier alpha value is -3.50. The van der Waals surface area contributed by atoms with Gasteiger partial charge in [0.25, 0.3) is 0 Å². The van der Waals surface area contributed by atoms with Crippen molar-refractivity contribution in [2.75, 3.05) is 25.0 Å². The van der Waals surface area contributed by atoms with E-state index in [9.17, 15) is 4.39 Å². The Labute approximate surface area is 226 Å². The number of hydrogen-bond acceptors (Lipinski definition) is 7. The zero-order valence-corrected chi connectivity index (χ0v) is 22.6. The zero-order valence-electron chi connectivity index (χ0n) is 22.6. The predicted molar refractivity (Wildman–Crippen MR) is 148 cm³/mol. The molecule has 0 amide bonds. The summed E-state index contributed by atoms with van der Waals surface area (Å²) in [5.74, 6) is 0.749. The number of halogens is 2. The van der Waals surface area contributed by atoms with Gasteiger partial charge in [0.2, 0.25) is 5.95 Å². The molecule has 5 heterocycles. The molecule has 3 aromatic heterocycles. The van der Waals surface area contributed by atoms with Gasteiger partial charge in [-0.05, 0) is 62.5 Å². The van der Waals surface area contributed by atoms with Gasteiger partial charge in [0.1, 0.15) is 22.9 Å². The van der Waals surface area contributed by atoms with Crippen LogP contribution in [0.2, 0.25) is 0 Å². The average molecular weight is 533 g/mol. The maximum absolute atomic E-state index is 15.1. The quantitative estimate of drug-likeness (QED) is 0.362. The fourth-order valence-electron chi connectivity index (χ4n) is 5.77. The first-order chi connectivity index (χ1) is 18.9. The van der Waals surface area contributed by atoms with E-state index < -0.39 is 11.6 Å². The highest BCUT2D eigenvalue weighted by Gasteiger charge is 2.26. The molecule has 0 atom stereocenters. The fraction of sp³-hybridized carbons (Fsp3) is 0.448. The minimum absolute atomic E-state index is 0.0267. The lowest BCUT2D eigenvalue weighted by Crippen LogP contribution is -2.45. The molecule has 0 spiro atoms. The first kappa shape index (κ1) is 25.8. The summed E-state index contributed by atoms with van der Waals surface area (Å²) in [6, 6.07) is 7.68.